The van der Waals surface area contributed by atoms with E-state index in [1.165, 1.54) is 121 Å². The van der Waals surface area contributed by atoms with Gasteiger partial charge in [0.05, 0.1) is 13.2 Å². The van der Waals surface area contributed by atoms with Crippen LogP contribution in [0.3, 0.4) is 0 Å². The third-order valence-corrected chi connectivity index (χ3v) is 10.9. The molecule has 6 heteroatoms. The molecule has 5 heterocycles. The molecule has 0 bridgehead atoms. The van der Waals surface area contributed by atoms with Crippen molar-refractivity contribution >= 4 is 17.3 Å². The average molecular weight is 714 g/mol. The number of pyridine rings is 2. The number of rotatable bonds is 6. The van der Waals surface area contributed by atoms with E-state index in [9.17, 15) is 0 Å². The highest BCUT2D eigenvalue weighted by molar-refractivity contribution is 5.58. The highest BCUT2D eigenvalue weighted by Crippen LogP contribution is 2.31. The Labute approximate surface area is 319 Å². The molecule has 3 aliphatic heterocycles. The minimum atomic E-state index is 0. The van der Waals surface area contributed by atoms with Crippen LogP contribution in [-0.4, -0.2) is 62.5 Å². The summed E-state index contributed by atoms with van der Waals surface area (Å²) in [6, 6.07) is 9.41. The molecule has 52 heavy (non-hydrogen) atoms. The number of anilines is 3. The lowest BCUT2D eigenvalue weighted by Gasteiger charge is -2.31. The van der Waals surface area contributed by atoms with Gasteiger partial charge in [0, 0.05) is 56.3 Å². The van der Waals surface area contributed by atoms with Gasteiger partial charge in [-0.05, 0) is 143 Å². The SMILES string of the molecule is C.Cc1cc(C(C)C)c(C)nc1N1CCCCC1.Cc1cc(C(C)C)c(C)nc1N1CCOCC1.Cc1cc(N2CCCCC2)c(C)cc1C(C)C. The summed E-state index contributed by atoms with van der Waals surface area (Å²) >= 11 is 0. The van der Waals surface area contributed by atoms with Crippen molar-refractivity contribution in [2.24, 2.45) is 0 Å². The third kappa shape index (κ3) is 11.4. The van der Waals surface area contributed by atoms with Gasteiger partial charge in [-0.1, -0.05) is 67.2 Å². The molecule has 0 N–H and O–H groups in total. The molecule has 0 radical (unpaired) electrons. The molecule has 3 aliphatic rings. The Morgan fingerprint density at radius 3 is 1.27 bits per heavy atom. The van der Waals surface area contributed by atoms with E-state index in [-0.39, 0.29) is 7.43 Å². The van der Waals surface area contributed by atoms with Crippen molar-refractivity contribution < 1.29 is 4.74 Å². The molecule has 3 fully saturated rings. The van der Waals surface area contributed by atoms with Crippen LogP contribution in [0, 0.1) is 41.5 Å². The number of morpholine rings is 1. The summed E-state index contributed by atoms with van der Waals surface area (Å²) in [5.41, 5.74) is 13.6. The molecule has 0 amide bonds. The fourth-order valence-corrected chi connectivity index (χ4v) is 8.04. The van der Waals surface area contributed by atoms with Crippen LogP contribution in [0.1, 0.15) is 156 Å². The topological polar surface area (TPSA) is 44.7 Å². The zero-order valence-corrected chi connectivity index (χ0v) is 34.6. The largest absolute Gasteiger partial charge is 0.378 e. The highest BCUT2D eigenvalue weighted by atomic mass is 16.5. The maximum absolute atomic E-state index is 5.38. The van der Waals surface area contributed by atoms with E-state index in [1.807, 2.05) is 0 Å². The van der Waals surface area contributed by atoms with Gasteiger partial charge in [-0.15, -0.1) is 0 Å². The number of aryl methyl sites for hydroxylation is 6. The van der Waals surface area contributed by atoms with Crippen molar-refractivity contribution in [2.75, 3.05) is 67.2 Å². The van der Waals surface area contributed by atoms with Crippen LogP contribution in [0.15, 0.2) is 24.3 Å². The first kappa shape index (κ1) is 43.3. The van der Waals surface area contributed by atoms with E-state index >= 15 is 0 Å². The van der Waals surface area contributed by atoms with Crippen LogP contribution in [-0.2, 0) is 4.74 Å². The summed E-state index contributed by atoms with van der Waals surface area (Å²) in [6.07, 6.45) is 8.10. The number of ether oxygens (including phenoxy) is 1. The maximum Gasteiger partial charge on any atom is 0.131 e. The summed E-state index contributed by atoms with van der Waals surface area (Å²) in [7, 11) is 0. The van der Waals surface area contributed by atoms with Crippen molar-refractivity contribution in [2.45, 2.75) is 147 Å². The van der Waals surface area contributed by atoms with Crippen molar-refractivity contribution in [3.05, 3.63) is 74.6 Å². The normalized spacial score (nSPS) is 16.3. The fourth-order valence-electron chi connectivity index (χ4n) is 8.04. The van der Waals surface area contributed by atoms with Crippen molar-refractivity contribution in [1.29, 1.82) is 0 Å². The van der Waals surface area contributed by atoms with Gasteiger partial charge < -0.3 is 19.4 Å². The Morgan fingerprint density at radius 2 is 0.846 bits per heavy atom. The molecular weight excluding hydrogens is 639 g/mol. The van der Waals surface area contributed by atoms with Gasteiger partial charge in [-0.25, -0.2) is 9.97 Å². The number of piperidine rings is 2. The van der Waals surface area contributed by atoms with E-state index in [4.69, 9.17) is 14.7 Å². The van der Waals surface area contributed by atoms with Gasteiger partial charge in [0.2, 0.25) is 0 Å². The van der Waals surface area contributed by atoms with E-state index in [0.29, 0.717) is 17.8 Å². The molecule has 0 aliphatic carbocycles. The molecule has 290 valence electrons. The molecule has 3 saturated heterocycles. The smallest absolute Gasteiger partial charge is 0.131 e. The number of benzene rings is 1. The summed E-state index contributed by atoms with van der Waals surface area (Å²) in [4.78, 5) is 17.0. The highest BCUT2D eigenvalue weighted by Gasteiger charge is 2.19. The molecule has 6 rings (SSSR count). The van der Waals surface area contributed by atoms with Crippen molar-refractivity contribution in [3.8, 4) is 0 Å². The standard InChI is InChI=1S/C16H25N.C15H24N2.C14H22N2O.CH4/c1-12(2)15-10-14(4)16(11-13(15)3)17-8-6-5-7-9-17;1-11(2)14-10-12(3)15(16-13(14)4)17-8-6-5-7-9-17;1-10(2)13-9-11(3)14(15-12(13)4)16-5-7-17-8-6-16;/h10-12H,5-9H2,1-4H3;10-11H,5-9H2,1-4H3;9-10H,5-8H2,1-4H3;1H4. The zero-order valence-electron chi connectivity index (χ0n) is 34.6. The molecule has 2 aromatic heterocycles. The molecule has 3 aromatic rings. The van der Waals surface area contributed by atoms with Gasteiger partial charge in [0.1, 0.15) is 11.6 Å². The molecule has 0 spiro atoms. The number of hydrogen-bond donors (Lipinski definition) is 0. The lowest BCUT2D eigenvalue weighted by Crippen LogP contribution is -2.37. The summed E-state index contributed by atoms with van der Waals surface area (Å²) in [5.74, 6) is 4.09. The van der Waals surface area contributed by atoms with Crippen LogP contribution in [0.25, 0.3) is 0 Å². The summed E-state index contributed by atoms with van der Waals surface area (Å²) < 4.78 is 5.38. The predicted octanol–water partition coefficient (Wildman–Crippen LogP) is 11.5. The van der Waals surface area contributed by atoms with Crippen molar-refractivity contribution in [3.63, 3.8) is 0 Å². The lowest BCUT2D eigenvalue weighted by molar-refractivity contribution is 0.122. The molecule has 0 saturated carbocycles. The average Bonchev–Trinajstić information content (AvgIpc) is 3.12. The van der Waals surface area contributed by atoms with Gasteiger partial charge in [-0.3, -0.25) is 0 Å². The van der Waals surface area contributed by atoms with Crippen LogP contribution < -0.4 is 14.7 Å². The lowest BCUT2D eigenvalue weighted by atomic mass is 9.94. The van der Waals surface area contributed by atoms with Crippen LogP contribution in [0.4, 0.5) is 17.3 Å². The minimum Gasteiger partial charge on any atom is -0.378 e. The molecule has 6 nitrogen and oxygen atoms in total. The third-order valence-electron chi connectivity index (χ3n) is 10.9. The van der Waals surface area contributed by atoms with Gasteiger partial charge in [0.15, 0.2) is 0 Å². The van der Waals surface area contributed by atoms with E-state index in [1.54, 1.807) is 0 Å². The summed E-state index contributed by atoms with van der Waals surface area (Å²) in [5, 5.41) is 0. The Balaban J connectivity index is 0.000000208. The first-order valence-electron chi connectivity index (χ1n) is 20.2. The van der Waals surface area contributed by atoms with Crippen LogP contribution in [0.5, 0.6) is 0 Å². The zero-order chi connectivity index (χ0) is 37.2. The molecule has 0 atom stereocenters. The Morgan fingerprint density at radius 1 is 0.462 bits per heavy atom. The second-order valence-corrected chi connectivity index (χ2v) is 16.3. The van der Waals surface area contributed by atoms with E-state index < -0.39 is 0 Å². The van der Waals surface area contributed by atoms with Gasteiger partial charge in [-0.2, -0.15) is 0 Å². The molecule has 0 unspecified atom stereocenters. The minimum absolute atomic E-state index is 0. The number of nitrogens with zero attached hydrogens (tertiary/aromatic N) is 5. The van der Waals surface area contributed by atoms with Crippen molar-refractivity contribution in [1.82, 2.24) is 9.97 Å². The number of hydrogen-bond acceptors (Lipinski definition) is 6. The van der Waals surface area contributed by atoms with Gasteiger partial charge in [0.25, 0.3) is 0 Å². The predicted molar refractivity (Wildman–Crippen MR) is 227 cm³/mol. The molecular formula is C46H75N5O. The maximum atomic E-state index is 5.38. The summed E-state index contributed by atoms with van der Waals surface area (Å²) in [6.45, 7) is 34.9. The first-order valence-corrected chi connectivity index (χ1v) is 20.2. The Bertz CT molecular complexity index is 1360. The van der Waals surface area contributed by atoms with Crippen LogP contribution in [0.2, 0.25) is 0 Å². The van der Waals surface area contributed by atoms with E-state index in [0.717, 1.165) is 37.8 Å². The van der Waals surface area contributed by atoms with Crippen LogP contribution >= 0.6 is 0 Å². The monoisotopic (exact) mass is 714 g/mol. The first-order chi connectivity index (χ1) is 24.3. The Hall–Kier alpha value is -3.12. The van der Waals surface area contributed by atoms with Gasteiger partial charge >= 0.3 is 0 Å². The number of aromatic nitrogens is 2. The fraction of sp³-hybridized carbons (Fsp3) is 0.652. The van der Waals surface area contributed by atoms with E-state index in [2.05, 4.69) is 122 Å². The Kier molecular flexibility index (Phi) is 17.0. The molecule has 1 aromatic carbocycles. The quantitative estimate of drug-likeness (QED) is 0.253. The second-order valence-electron chi connectivity index (χ2n) is 16.3. The second kappa shape index (κ2) is 20.4.